The first-order chi connectivity index (χ1) is 11.5. The lowest BCUT2D eigenvalue weighted by molar-refractivity contribution is -0.121. The summed E-state index contributed by atoms with van der Waals surface area (Å²) in [6.07, 6.45) is 0.912. The average molecular weight is 363 g/mol. The van der Waals surface area contributed by atoms with E-state index in [0.717, 1.165) is 16.9 Å². The van der Waals surface area contributed by atoms with Crippen LogP contribution in [0.1, 0.15) is 29.8 Å². The average Bonchev–Trinajstić information content (AvgIpc) is 2.61. The third-order valence-corrected chi connectivity index (χ3v) is 5.05. The van der Waals surface area contributed by atoms with Crippen LogP contribution in [0.2, 0.25) is 5.02 Å². The van der Waals surface area contributed by atoms with E-state index in [1.54, 1.807) is 25.1 Å². The summed E-state index contributed by atoms with van der Waals surface area (Å²) in [6, 6.07) is 14.6. The number of hydrogen-bond acceptors (Lipinski definition) is 3. The molecule has 0 heterocycles. The van der Waals surface area contributed by atoms with Gasteiger partial charge in [0, 0.05) is 10.5 Å². The minimum atomic E-state index is -0.396. The van der Waals surface area contributed by atoms with E-state index in [1.165, 1.54) is 11.8 Å². The van der Waals surface area contributed by atoms with Gasteiger partial charge in [-0.25, -0.2) is 0 Å². The molecule has 0 aliphatic rings. The predicted octanol–water partition coefficient (Wildman–Crippen LogP) is 3.84. The third kappa shape index (κ3) is 5.01. The summed E-state index contributed by atoms with van der Waals surface area (Å²) in [4.78, 5) is 25.0. The van der Waals surface area contributed by atoms with Gasteiger partial charge in [0.25, 0.3) is 11.8 Å². The Morgan fingerprint density at radius 1 is 1.08 bits per heavy atom. The number of benzene rings is 2. The number of hydrazine groups is 1. The molecule has 1 atom stereocenters. The number of halogens is 1. The predicted molar refractivity (Wildman–Crippen MR) is 98.2 cm³/mol. The second-order valence-corrected chi connectivity index (χ2v) is 6.97. The number of carbonyl (C=O) groups is 2. The molecule has 1 unspecified atom stereocenters. The van der Waals surface area contributed by atoms with Gasteiger partial charge in [0.15, 0.2) is 0 Å². The van der Waals surface area contributed by atoms with Gasteiger partial charge < -0.3 is 0 Å². The van der Waals surface area contributed by atoms with E-state index >= 15 is 0 Å². The van der Waals surface area contributed by atoms with Crippen molar-refractivity contribution in [2.45, 2.75) is 30.4 Å². The van der Waals surface area contributed by atoms with Crippen molar-refractivity contribution in [3.05, 3.63) is 64.7 Å². The first-order valence-electron chi connectivity index (χ1n) is 7.61. The Labute approximate surface area is 150 Å². The molecule has 0 radical (unpaired) electrons. The van der Waals surface area contributed by atoms with Crippen LogP contribution in [0.15, 0.2) is 53.4 Å². The van der Waals surface area contributed by atoms with Gasteiger partial charge >= 0.3 is 0 Å². The van der Waals surface area contributed by atoms with Gasteiger partial charge in [-0.15, -0.1) is 11.8 Å². The van der Waals surface area contributed by atoms with E-state index in [0.29, 0.717) is 10.6 Å². The number of aryl methyl sites for hydroxylation is 1. The molecular weight excluding hydrogens is 344 g/mol. The topological polar surface area (TPSA) is 58.2 Å². The number of hydrogen-bond donors (Lipinski definition) is 2. The van der Waals surface area contributed by atoms with Gasteiger partial charge in [-0.3, -0.25) is 20.4 Å². The molecule has 24 heavy (non-hydrogen) atoms. The van der Waals surface area contributed by atoms with Crippen molar-refractivity contribution < 1.29 is 9.59 Å². The molecule has 2 aromatic rings. The van der Waals surface area contributed by atoms with Crippen molar-refractivity contribution >= 4 is 35.2 Å². The van der Waals surface area contributed by atoms with E-state index in [1.807, 2.05) is 37.3 Å². The fourth-order valence-electron chi connectivity index (χ4n) is 1.97. The van der Waals surface area contributed by atoms with Crippen molar-refractivity contribution in [1.82, 2.24) is 10.9 Å². The summed E-state index contributed by atoms with van der Waals surface area (Å²) in [7, 11) is 0. The van der Waals surface area contributed by atoms with Crippen LogP contribution in [-0.2, 0) is 11.2 Å². The number of nitrogens with one attached hydrogen (secondary N) is 2. The van der Waals surface area contributed by atoms with E-state index in [-0.39, 0.29) is 11.8 Å². The van der Waals surface area contributed by atoms with Gasteiger partial charge in [-0.2, -0.15) is 0 Å². The van der Waals surface area contributed by atoms with Crippen LogP contribution in [0.3, 0.4) is 0 Å². The van der Waals surface area contributed by atoms with Crippen LogP contribution < -0.4 is 10.9 Å². The van der Waals surface area contributed by atoms with Crippen molar-refractivity contribution in [2.75, 3.05) is 0 Å². The second-order valence-electron chi connectivity index (χ2n) is 5.18. The maximum atomic E-state index is 12.1. The quantitative estimate of drug-likeness (QED) is 0.627. The summed E-state index contributed by atoms with van der Waals surface area (Å²) in [5, 5.41) is 0.204. The lowest BCUT2D eigenvalue weighted by Gasteiger charge is -2.13. The van der Waals surface area contributed by atoms with Crippen molar-refractivity contribution in [1.29, 1.82) is 0 Å². The van der Waals surface area contributed by atoms with Gasteiger partial charge in [0.1, 0.15) is 0 Å². The summed E-state index contributed by atoms with van der Waals surface area (Å²) in [5.41, 5.74) is 6.53. The largest absolute Gasteiger partial charge is 0.272 e. The van der Waals surface area contributed by atoms with Gasteiger partial charge in [-0.05, 0) is 43.2 Å². The molecular formula is C18H19ClN2O2S. The smallest absolute Gasteiger partial charge is 0.269 e. The molecule has 0 bridgehead atoms. The number of rotatable bonds is 5. The number of amides is 2. The molecule has 2 rings (SSSR count). The Morgan fingerprint density at radius 3 is 2.38 bits per heavy atom. The van der Waals surface area contributed by atoms with Crippen LogP contribution in [0.5, 0.6) is 0 Å². The molecule has 0 spiro atoms. The molecule has 2 N–H and O–H groups in total. The molecule has 0 aliphatic heterocycles. The summed E-state index contributed by atoms with van der Waals surface area (Å²) < 4.78 is 0. The molecule has 0 fully saturated rings. The fraction of sp³-hybridized carbons (Fsp3) is 0.222. The summed E-state index contributed by atoms with van der Waals surface area (Å²) >= 11 is 7.42. The zero-order valence-electron chi connectivity index (χ0n) is 13.5. The van der Waals surface area contributed by atoms with E-state index in [4.69, 9.17) is 11.6 Å². The molecule has 126 valence electrons. The summed E-state index contributed by atoms with van der Waals surface area (Å²) in [5.74, 6) is -0.639. The molecule has 0 saturated heterocycles. The second kappa shape index (κ2) is 8.76. The molecule has 2 aromatic carbocycles. The van der Waals surface area contributed by atoms with Gasteiger partial charge in [0.2, 0.25) is 0 Å². The van der Waals surface area contributed by atoms with Gasteiger partial charge in [0.05, 0.1) is 10.3 Å². The zero-order chi connectivity index (χ0) is 17.5. The molecule has 0 aromatic heterocycles. The Morgan fingerprint density at radius 2 is 1.75 bits per heavy atom. The van der Waals surface area contributed by atoms with Gasteiger partial charge in [-0.1, -0.05) is 42.8 Å². The lowest BCUT2D eigenvalue weighted by atomic mass is 10.1. The highest BCUT2D eigenvalue weighted by molar-refractivity contribution is 8.00. The monoisotopic (exact) mass is 362 g/mol. The minimum absolute atomic E-state index is 0.293. The van der Waals surface area contributed by atoms with Crippen LogP contribution in [0.25, 0.3) is 0 Å². The van der Waals surface area contributed by atoms with E-state index in [2.05, 4.69) is 10.9 Å². The highest BCUT2D eigenvalue weighted by Crippen LogP contribution is 2.29. The number of thioether (sulfide) groups is 1. The fourth-order valence-corrected chi connectivity index (χ4v) is 3.12. The van der Waals surface area contributed by atoms with E-state index in [9.17, 15) is 9.59 Å². The van der Waals surface area contributed by atoms with Crippen LogP contribution in [0, 0.1) is 0 Å². The number of carbonyl (C=O) groups excluding carboxylic acids is 2. The van der Waals surface area contributed by atoms with Crippen LogP contribution in [-0.4, -0.2) is 17.1 Å². The van der Waals surface area contributed by atoms with Crippen molar-refractivity contribution in [3.8, 4) is 0 Å². The first-order valence-corrected chi connectivity index (χ1v) is 8.87. The standard InChI is InChI=1S/C18H19ClN2O2S/c1-3-13-8-10-14(11-9-13)18(23)21-20-17(22)12(2)24-16-7-5-4-6-15(16)19/h4-12H,3H2,1-2H3,(H,20,22)(H,21,23). The Kier molecular flexibility index (Phi) is 6.70. The SMILES string of the molecule is CCc1ccc(C(=O)NNC(=O)C(C)Sc2ccccc2Cl)cc1. The first kappa shape index (κ1) is 18.4. The summed E-state index contributed by atoms with van der Waals surface area (Å²) in [6.45, 7) is 3.80. The molecule has 4 nitrogen and oxygen atoms in total. The normalized spacial score (nSPS) is 11.6. The van der Waals surface area contributed by atoms with Crippen LogP contribution in [0.4, 0.5) is 0 Å². The zero-order valence-corrected chi connectivity index (χ0v) is 15.1. The maximum Gasteiger partial charge on any atom is 0.269 e. The Hall–Kier alpha value is -1.98. The molecule has 0 saturated carbocycles. The molecule has 6 heteroatoms. The maximum absolute atomic E-state index is 12.1. The third-order valence-electron chi connectivity index (χ3n) is 3.43. The lowest BCUT2D eigenvalue weighted by Crippen LogP contribution is -2.44. The highest BCUT2D eigenvalue weighted by Gasteiger charge is 2.16. The Balaban J connectivity index is 1.87. The van der Waals surface area contributed by atoms with E-state index < -0.39 is 5.25 Å². The van der Waals surface area contributed by atoms with Crippen molar-refractivity contribution in [3.63, 3.8) is 0 Å². The molecule has 2 amide bonds. The highest BCUT2D eigenvalue weighted by atomic mass is 35.5. The van der Waals surface area contributed by atoms with Crippen molar-refractivity contribution in [2.24, 2.45) is 0 Å². The minimum Gasteiger partial charge on any atom is -0.272 e. The Bertz CT molecular complexity index is 719. The van der Waals surface area contributed by atoms with Crippen LogP contribution >= 0.6 is 23.4 Å². The molecule has 0 aliphatic carbocycles.